The highest BCUT2D eigenvalue weighted by atomic mass is 16.5. The number of unbranched alkanes of at least 4 members (excludes halogenated alkanes) is 2. The number of ether oxygens (including phenoxy) is 1. The summed E-state index contributed by atoms with van der Waals surface area (Å²) >= 11 is 0. The molecule has 18 heavy (non-hydrogen) atoms. The molecule has 2 aliphatic carbocycles. The number of hydrogen-bond donors (Lipinski definition) is 1. The van der Waals surface area contributed by atoms with Crippen LogP contribution in [0.25, 0.3) is 0 Å². The predicted molar refractivity (Wildman–Crippen MR) is 76.7 cm³/mol. The van der Waals surface area contributed by atoms with Crippen molar-refractivity contribution < 1.29 is 4.74 Å². The van der Waals surface area contributed by atoms with Crippen molar-refractivity contribution in [2.75, 3.05) is 19.8 Å². The molecule has 0 aromatic rings. The van der Waals surface area contributed by atoms with Gasteiger partial charge in [0.2, 0.25) is 0 Å². The zero-order valence-corrected chi connectivity index (χ0v) is 11.9. The highest BCUT2D eigenvalue weighted by molar-refractivity contribution is 4.93. The van der Waals surface area contributed by atoms with E-state index < -0.39 is 0 Å². The van der Waals surface area contributed by atoms with Gasteiger partial charge in [0.1, 0.15) is 0 Å². The van der Waals surface area contributed by atoms with Crippen molar-refractivity contribution in [3.05, 3.63) is 12.2 Å². The molecule has 1 N–H and O–H groups in total. The van der Waals surface area contributed by atoms with Crippen LogP contribution >= 0.6 is 0 Å². The molecule has 2 aliphatic rings. The van der Waals surface area contributed by atoms with E-state index >= 15 is 0 Å². The van der Waals surface area contributed by atoms with Crippen LogP contribution < -0.4 is 5.32 Å². The first-order valence-corrected chi connectivity index (χ1v) is 7.82. The molecule has 0 aromatic carbocycles. The number of rotatable bonds is 9. The average Bonchev–Trinajstić information content (AvgIpc) is 3.19. The largest absolute Gasteiger partial charge is 0.381 e. The molecule has 0 aromatic heterocycles. The Kier molecular flexibility index (Phi) is 6.22. The van der Waals surface area contributed by atoms with Gasteiger partial charge in [-0.1, -0.05) is 19.1 Å². The molecule has 2 unspecified atom stereocenters. The van der Waals surface area contributed by atoms with Gasteiger partial charge in [-0.05, 0) is 63.3 Å². The summed E-state index contributed by atoms with van der Waals surface area (Å²) in [7, 11) is 0. The van der Waals surface area contributed by atoms with Crippen LogP contribution in [0.4, 0.5) is 0 Å². The van der Waals surface area contributed by atoms with Gasteiger partial charge in [-0.3, -0.25) is 0 Å². The van der Waals surface area contributed by atoms with Gasteiger partial charge in [-0.2, -0.15) is 0 Å². The summed E-state index contributed by atoms with van der Waals surface area (Å²) in [6, 6.07) is 0.863. The lowest BCUT2D eigenvalue weighted by Crippen LogP contribution is -2.20. The maximum atomic E-state index is 5.83. The van der Waals surface area contributed by atoms with Crippen LogP contribution in [-0.2, 0) is 4.74 Å². The molecule has 2 heteroatoms. The van der Waals surface area contributed by atoms with Gasteiger partial charge in [0.25, 0.3) is 0 Å². The maximum Gasteiger partial charge on any atom is 0.0499 e. The van der Waals surface area contributed by atoms with E-state index in [1.807, 2.05) is 0 Å². The first-order chi connectivity index (χ1) is 8.86. The van der Waals surface area contributed by atoms with Crippen LogP contribution in [0.5, 0.6) is 0 Å². The summed E-state index contributed by atoms with van der Waals surface area (Å²) in [5.41, 5.74) is 0. The summed E-state index contributed by atoms with van der Waals surface area (Å²) in [5.74, 6) is 1.56. The summed E-state index contributed by atoms with van der Waals surface area (Å²) in [5, 5.41) is 3.56. The third kappa shape index (κ3) is 5.53. The molecule has 2 rings (SSSR count). The van der Waals surface area contributed by atoms with E-state index in [-0.39, 0.29) is 0 Å². The van der Waals surface area contributed by atoms with Crippen LogP contribution in [0.1, 0.15) is 51.9 Å². The van der Waals surface area contributed by atoms with Gasteiger partial charge in [0.05, 0.1) is 0 Å². The SMILES string of the molecule is CC1CC=CCC1COCCCCCNC1CC1. The van der Waals surface area contributed by atoms with Crippen molar-refractivity contribution >= 4 is 0 Å². The topological polar surface area (TPSA) is 21.3 Å². The molecular weight excluding hydrogens is 222 g/mol. The predicted octanol–water partition coefficient (Wildman–Crippen LogP) is 3.53. The van der Waals surface area contributed by atoms with Gasteiger partial charge in [-0.25, -0.2) is 0 Å². The van der Waals surface area contributed by atoms with Crippen LogP contribution in [0.3, 0.4) is 0 Å². The third-order valence-corrected chi connectivity index (χ3v) is 4.23. The highest BCUT2D eigenvalue weighted by Gasteiger charge is 2.19. The molecule has 104 valence electrons. The minimum atomic E-state index is 0.756. The van der Waals surface area contributed by atoms with Crippen LogP contribution in [-0.4, -0.2) is 25.8 Å². The first-order valence-electron chi connectivity index (χ1n) is 7.82. The maximum absolute atomic E-state index is 5.83. The molecule has 1 saturated carbocycles. The zero-order chi connectivity index (χ0) is 12.6. The molecule has 0 amide bonds. The quantitative estimate of drug-likeness (QED) is 0.500. The lowest BCUT2D eigenvalue weighted by atomic mass is 9.85. The van der Waals surface area contributed by atoms with Gasteiger partial charge < -0.3 is 10.1 Å². The fourth-order valence-corrected chi connectivity index (χ4v) is 2.57. The normalized spacial score (nSPS) is 27.6. The molecule has 1 fully saturated rings. The molecule has 0 radical (unpaired) electrons. The van der Waals surface area contributed by atoms with E-state index in [1.54, 1.807) is 0 Å². The first kappa shape index (κ1) is 14.1. The Morgan fingerprint density at radius 2 is 1.94 bits per heavy atom. The number of nitrogens with one attached hydrogen (secondary N) is 1. The minimum Gasteiger partial charge on any atom is -0.381 e. The van der Waals surface area contributed by atoms with Crippen LogP contribution in [0.2, 0.25) is 0 Å². The van der Waals surface area contributed by atoms with E-state index in [1.165, 1.54) is 51.5 Å². The molecular formula is C16H29NO. The van der Waals surface area contributed by atoms with Crippen LogP contribution in [0.15, 0.2) is 12.2 Å². The molecule has 2 atom stereocenters. The molecule has 0 spiro atoms. The van der Waals surface area contributed by atoms with Crippen molar-refractivity contribution in [1.29, 1.82) is 0 Å². The average molecular weight is 251 g/mol. The Labute approximate surface area is 112 Å². The van der Waals surface area contributed by atoms with E-state index in [2.05, 4.69) is 24.4 Å². The molecule has 0 bridgehead atoms. The molecule has 0 aliphatic heterocycles. The highest BCUT2D eigenvalue weighted by Crippen LogP contribution is 2.25. The van der Waals surface area contributed by atoms with E-state index in [4.69, 9.17) is 4.74 Å². The third-order valence-electron chi connectivity index (χ3n) is 4.23. The van der Waals surface area contributed by atoms with Gasteiger partial charge >= 0.3 is 0 Å². The second kappa shape index (κ2) is 7.96. The summed E-state index contributed by atoms with van der Waals surface area (Å²) < 4.78 is 5.83. The summed E-state index contributed by atoms with van der Waals surface area (Å²) in [6.07, 6.45) is 13.7. The monoisotopic (exact) mass is 251 g/mol. The van der Waals surface area contributed by atoms with Gasteiger partial charge in [0, 0.05) is 19.3 Å². The van der Waals surface area contributed by atoms with E-state index in [0.717, 1.165) is 31.1 Å². The van der Waals surface area contributed by atoms with Crippen molar-refractivity contribution in [2.45, 2.75) is 57.9 Å². The van der Waals surface area contributed by atoms with Gasteiger partial charge in [0.15, 0.2) is 0 Å². The smallest absolute Gasteiger partial charge is 0.0499 e. The molecule has 0 heterocycles. The fraction of sp³-hybridized carbons (Fsp3) is 0.875. The van der Waals surface area contributed by atoms with Crippen molar-refractivity contribution in [3.63, 3.8) is 0 Å². The van der Waals surface area contributed by atoms with Crippen molar-refractivity contribution in [3.8, 4) is 0 Å². The lowest BCUT2D eigenvalue weighted by Gasteiger charge is -2.24. The zero-order valence-electron chi connectivity index (χ0n) is 11.9. The minimum absolute atomic E-state index is 0.756. The Morgan fingerprint density at radius 3 is 2.72 bits per heavy atom. The van der Waals surface area contributed by atoms with Crippen LogP contribution in [0, 0.1) is 11.8 Å². The Bertz CT molecular complexity index is 247. The molecule has 2 nitrogen and oxygen atoms in total. The lowest BCUT2D eigenvalue weighted by molar-refractivity contribution is 0.0765. The van der Waals surface area contributed by atoms with E-state index in [0.29, 0.717) is 0 Å². The van der Waals surface area contributed by atoms with Crippen molar-refractivity contribution in [1.82, 2.24) is 5.32 Å². The number of allylic oxidation sites excluding steroid dienone is 2. The summed E-state index contributed by atoms with van der Waals surface area (Å²) in [6.45, 7) is 5.47. The number of hydrogen-bond acceptors (Lipinski definition) is 2. The van der Waals surface area contributed by atoms with E-state index in [9.17, 15) is 0 Å². The Morgan fingerprint density at radius 1 is 1.11 bits per heavy atom. The van der Waals surface area contributed by atoms with Gasteiger partial charge in [-0.15, -0.1) is 0 Å². The summed E-state index contributed by atoms with van der Waals surface area (Å²) in [4.78, 5) is 0. The molecule has 0 saturated heterocycles. The second-order valence-corrected chi connectivity index (χ2v) is 6.04. The standard InChI is InChI=1S/C16H29NO/c1-14-7-3-4-8-15(14)13-18-12-6-2-5-11-17-16-9-10-16/h3-4,14-17H,2,5-13H2,1H3. The Balaban J connectivity index is 1.37. The Hall–Kier alpha value is -0.340. The second-order valence-electron chi connectivity index (χ2n) is 6.04. The fourth-order valence-electron chi connectivity index (χ4n) is 2.57. The van der Waals surface area contributed by atoms with Crippen molar-refractivity contribution in [2.24, 2.45) is 11.8 Å².